The van der Waals surface area contributed by atoms with Gasteiger partial charge in [0.05, 0.1) is 6.54 Å². The lowest BCUT2D eigenvalue weighted by Crippen LogP contribution is -2.63. The van der Waals surface area contributed by atoms with E-state index in [-0.39, 0.29) is 4.99 Å². The van der Waals surface area contributed by atoms with Crippen LogP contribution >= 0.6 is 11.8 Å². The first-order chi connectivity index (χ1) is 11.3. The molecule has 5 nitrogen and oxygen atoms in total. The normalized spacial score (nSPS) is 23.4. The highest BCUT2D eigenvalue weighted by molar-refractivity contribution is 8.15. The van der Waals surface area contributed by atoms with Crippen molar-refractivity contribution in [1.82, 2.24) is 15.9 Å². The summed E-state index contributed by atoms with van der Waals surface area (Å²) in [6.07, 6.45) is 0. The van der Waals surface area contributed by atoms with Gasteiger partial charge >= 0.3 is 0 Å². The number of nitrogens with zero attached hydrogens (tertiary/aromatic N) is 3. The largest absolute Gasteiger partial charge is 0.303 e. The minimum atomic E-state index is -0.385. The molecular formula is C17H17N5S. The van der Waals surface area contributed by atoms with Gasteiger partial charge in [-0.2, -0.15) is 10.5 Å². The molecule has 0 saturated heterocycles. The SMILES string of the molecule is CN1N=C(c2ccccc2)SC12CN=C(c1ccccc1)NN2. The number of hydrazone groups is 1. The molecule has 0 bridgehead atoms. The molecule has 0 amide bonds. The predicted octanol–water partition coefficient (Wildman–Crippen LogP) is 2.24. The highest BCUT2D eigenvalue weighted by Crippen LogP contribution is 2.37. The predicted molar refractivity (Wildman–Crippen MR) is 95.2 cm³/mol. The average Bonchev–Trinajstić information content (AvgIpc) is 2.94. The third kappa shape index (κ3) is 2.60. The number of nitrogens with one attached hydrogen (secondary N) is 2. The lowest BCUT2D eigenvalue weighted by Gasteiger charge is -2.37. The quantitative estimate of drug-likeness (QED) is 0.890. The Hall–Kier alpha value is -2.31. The molecule has 116 valence electrons. The van der Waals surface area contributed by atoms with E-state index in [2.05, 4.69) is 28.1 Å². The Kier molecular flexibility index (Phi) is 3.55. The number of hydrazine groups is 1. The summed E-state index contributed by atoms with van der Waals surface area (Å²) in [5.41, 5.74) is 8.82. The van der Waals surface area contributed by atoms with Crippen molar-refractivity contribution in [3.05, 3.63) is 71.8 Å². The number of hydrogen-bond acceptors (Lipinski definition) is 6. The van der Waals surface area contributed by atoms with Crippen LogP contribution in [0.3, 0.4) is 0 Å². The van der Waals surface area contributed by atoms with E-state index < -0.39 is 0 Å². The molecule has 2 aliphatic rings. The van der Waals surface area contributed by atoms with Gasteiger partial charge < -0.3 is 5.43 Å². The number of aliphatic imine (C=N–C) groups is 1. The molecule has 2 aliphatic heterocycles. The van der Waals surface area contributed by atoms with Crippen molar-refractivity contribution >= 4 is 22.6 Å². The lowest BCUT2D eigenvalue weighted by molar-refractivity contribution is 0.177. The van der Waals surface area contributed by atoms with Crippen LogP contribution in [-0.2, 0) is 0 Å². The van der Waals surface area contributed by atoms with E-state index in [4.69, 9.17) is 4.99 Å². The molecule has 6 heteroatoms. The van der Waals surface area contributed by atoms with Crippen molar-refractivity contribution in [2.75, 3.05) is 13.6 Å². The molecule has 0 aliphatic carbocycles. The monoisotopic (exact) mass is 323 g/mol. The van der Waals surface area contributed by atoms with Crippen LogP contribution in [0.5, 0.6) is 0 Å². The fourth-order valence-electron chi connectivity index (χ4n) is 2.58. The summed E-state index contributed by atoms with van der Waals surface area (Å²) in [6, 6.07) is 20.3. The van der Waals surface area contributed by atoms with Gasteiger partial charge in [0.1, 0.15) is 10.9 Å². The summed E-state index contributed by atoms with van der Waals surface area (Å²) >= 11 is 1.69. The first kappa shape index (κ1) is 14.3. The highest BCUT2D eigenvalue weighted by atomic mass is 32.2. The fourth-order valence-corrected chi connectivity index (χ4v) is 3.72. The second-order valence-corrected chi connectivity index (χ2v) is 6.73. The third-order valence-electron chi connectivity index (χ3n) is 3.92. The van der Waals surface area contributed by atoms with Gasteiger partial charge in [0.15, 0.2) is 4.99 Å². The standard InChI is InChI=1S/C17H17N5S/c1-22-17(23-16(20-22)14-10-6-3-7-11-14)12-18-15(19-21-17)13-8-4-2-5-9-13/h2-11,21H,12H2,1H3,(H,18,19). The molecule has 4 rings (SSSR count). The zero-order valence-corrected chi connectivity index (χ0v) is 13.5. The fraction of sp³-hybridized carbons (Fsp3) is 0.176. The summed E-state index contributed by atoms with van der Waals surface area (Å²) in [6.45, 7) is 0.616. The Morgan fingerprint density at radius 1 is 1.00 bits per heavy atom. The molecule has 23 heavy (non-hydrogen) atoms. The Morgan fingerprint density at radius 3 is 2.26 bits per heavy atom. The molecule has 2 heterocycles. The Balaban J connectivity index is 1.55. The molecule has 2 aromatic rings. The van der Waals surface area contributed by atoms with E-state index in [0.717, 1.165) is 22.0 Å². The molecule has 0 saturated carbocycles. The maximum atomic E-state index is 4.72. The van der Waals surface area contributed by atoms with Gasteiger partial charge in [-0.05, 0) is 0 Å². The topological polar surface area (TPSA) is 52.0 Å². The van der Waals surface area contributed by atoms with Crippen molar-refractivity contribution in [3.63, 3.8) is 0 Å². The number of benzene rings is 2. The number of hydrogen-bond donors (Lipinski definition) is 2. The molecule has 0 fully saturated rings. The maximum Gasteiger partial charge on any atom is 0.196 e. The van der Waals surface area contributed by atoms with Crippen LogP contribution in [0.25, 0.3) is 0 Å². The van der Waals surface area contributed by atoms with Gasteiger partial charge in [-0.15, -0.1) is 0 Å². The Bertz CT molecular complexity index is 759. The molecule has 1 atom stereocenters. The molecular weight excluding hydrogens is 306 g/mol. The van der Waals surface area contributed by atoms with Crippen LogP contribution < -0.4 is 10.9 Å². The van der Waals surface area contributed by atoms with Crippen molar-refractivity contribution in [2.45, 2.75) is 4.99 Å². The van der Waals surface area contributed by atoms with Crippen LogP contribution in [0.4, 0.5) is 0 Å². The van der Waals surface area contributed by atoms with Crippen molar-refractivity contribution in [1.29, 1.82) is 0 Å². The zero-order valence-electron chi connectivity index (χ0n) is 12.7. The van der Waals surface area contributed by atoms with Crippen molar-refractivity contribution < 1.29 is 0 Å². The maximum absolute atomic E-state index is 4.72. The van der Waals surface area contributed by atoms with Gasteiger partial charge in [0, 0.05) is 18.2 Å². The minimum absolute atomic E-state index is 0.385. The number of likely N-dealkylation sites (N-methyl/N-ethyl adjacent to an activating group) is 1. The summed E-state index contributed by atoms with van der Waals surface area (Å²) in [4.78, 5) is 4.34. The van der Waals surface area contributed by atoms with Gasteiger partial charge in [0.25, 0.3) is 0 Å². The summed E-state index contributed by atoms with van der Waals surface area (Å²) in [5, 5.41) is 7.62. The van der Waals surface area contributed by atoms with Crippen LogP contribution in [-0.4, -0.2) is 34.5 Å². The minimum Gasteiger partial charge on any atom is -0.303 e. The first-order valence-corrected chi connectivity index (χ1v) is 8.28. The molecule has 2 aromatic carbocycles. The highest BCUT2D eigenvalue weighted by Gasteiger charge is 2.44. The number of thioether (sulfide) groups is 1. The molecule has 0 aromatic heterocycles. The van der Waals surface area contributed by atoms with Gasteiger partial charge in [-0.25, -0.2) is 0 Å². The van der Waals surface area contributed by atoms with E-state index in [1.807, 2.05) is 60.6 Å². The molecule has 1 unspecified atom stereocenters. The smallest absolute Gasteiger partial charge is 0.196 e. The molecule has 0 radical (unpaired) electrons. The summed E-state index contributed by atoms with van der Waals surface area (Å²) < 4.78 is 0. The van der Waals surface area contributed by atoms with Gasteiger partial charge in [0.2, 0.25) is 0 Å². The first-order valence-electron chi connectivity index (χ1n) is 7.47. The Labute approximate surface area is 139 Å². The number of amidine groups is 1. The lowest BCUT2D eigenvalue weighted by atomic mass is 10.2. The Morgan fingerprint density at radius 2 is 1.65 bits per heavy atom. The van der Waals surface area contributed by atoms with E-state index in [9.17, 15) is 0 Å². The van der Waals surface area contributed by atoms with Crippen LogP contribution in [0.15, 0.2) is 70.8 Å². The average molecular weight is 323 g/mol. The zero-order chi connectivity index (χ0) is 15.7. The van der Waals surface area contributed by atoms with Crippen molar-refractivity contribution in [2.24, 2.45) is 10.1 Å². The van der Waals surface area contributed by atoms with Crippen LogP contribution in [0.2, 0.25) is 0 Å². The van der Waals surface area contributed by atoms with E-state index in [1.165, 1.54) is 0 Å². The van der Waals surface area contributed by atoms with Crippen LogP contribution in [0.1, 0.15) is 11.1 Å². The van der Waals surface area contributed by atoms with Gasteiger partial charge in [-0.1, -0.05) is 72.4 Å². The summed E-state index contributed by atoms with van der Waals surface area (Å²) in [5.74, 6) is 0.860. The van der Waals surface area contributed by atoms with E-state index in [1.54, 1.807) is 11.8 Å². The number of rotatable bonds is 2. The molecule has 2 N–H and O–H groups in total. The van der Waals surface area contributed by atoms with Gasteiger partial charge in [-0.3, -0.25) is 10.0 Å². The second kappa shape index (κ2) is 5.72. The second-order valence-electron chi connectivity index (χ2n) is 5.46. The summed E-state index contributed by atoms with van der Waals surface area (Å²) in [7, 11) is 1.97. The van der Waals surface area contributed by atoms with Crippen LogP contribution in [0, 0.1) is 0 Å². The third-order valence-corrected chi connectivity index (χ3v) is 5.27. The van der Waals surface area contributed by atoms with E-state index in [0.29, 0.717) is 6.54 Å². The van der Waals surface area contributed by atoms with E-state index >= 15 is 0 Å². The molecule has 1 spiro atoms. The van der Waals surface area contributed by atoms with Crippen molar-refractivity contribution in [3.8, 4) is 0 Å².